The highest BCUT2D eigenvalue weighted by Gasteiger charge is 2.34. The standard InChI is InChI=1S/C29H32FN5O3/c1-18(2)23(15-24(31)20-9-11-22(30)12-10-20)27-32-16-25(33-27)28(37)34-13-14-35(19(3)17-34)29(38)26(36)21-7-5-4-6-8-21/h4-12,15-16,18-19,26,31,36H,13-14,17H2,1-3H3,(H,32,33)/b23-15-,31-24?. The molecule has 8 nitrogen and oxygen atoms in total. The average Bonchev–Trinajstić information content (AvgIpc) is 3.41. The van der Waals surface area contributed by atoms with Crippen LogP contribution < -0.4 is 0 Å². The SMILES string of the molecule is CC(C)/C(=C/C(=N)c1ccc(F)cc1)c1ncc(C(=O)N2CCN(C(=O)C(O)c3ccccc3)C(C)C2)[nH]1. The number of aromatic nitrogens is 2. The second-order valence-electron chi connectivity index (χ2n) is 9.77. The van der Waals surface area contributed by atoms with Gasteiger partial charge < -0.3 is 25.3 Å². The molecule has 0 spiro atoms. The number of benzene rings is 2. The topological polar surface area (TPSA) is 113 Å². The van der Waals surface area contributed by atoms with Crippen LogP contribution in [-0.4, -0.2) is 68.1 Å². The number of nitrogens with one attached hydrogen (secondary N) is 2. The summed E-state index contributed by atoms with van der Waals surface area (Å²) in [5.41, 5.74) is 2.39. The maximum Gasteiger partial charge on any atom is 0.272 e. The lowest BCUT2D eigenvalue weighted by Gasteiger charge is -2.40. The Morgan fingerprint density at radius 1 is 1.13 bits per heavy atom. The molecule has 1 aromatic heterocycles. The minimum absolute atomic E-state index is 0.00974. The summed E-state index contributed by atoms with van der Waals surface area (Å²) in [6, 6.07) is 14.2. The number of halogens is 1. The highest BCUT2D eigenvalue weighted by Crippen LogP contribution is 2.24. The number of amides is 2. The van der Waals surface area contributed by atoms with Gasteiger partial charge in [0.1, 0.15) is 17.3 Å². The van der Waals surface area contributed by atoms with E-state index in [1.165, 1.54) is 18.3 Å². The van der Waals surface area contributed by atoms with Crippen LogP contribution in [0.15, 0.2) is 66.9 Å². The predicted octanol–water partition coefficient (Wildman–Crippen LogP) is 4.06. The van der Waals surface area contributed by atoms with Gasteiger partial charge in [-0.3, -0.25) is 9.59 Å². The molecule has 2 aromatic carbocycles. The Kier molecular flexibility index (Phi) is 8.16. The molecule has 9 heteroatoms. The minimum atomic E-state index is -1.24. The molecule has 2 unspecified atom stereocenters. The third kappa shape index (κ3) is 5.89. The van der Waals surface area contributed by atoms with Gasteiger partial charge in [0.2, 0.25) is 0 Å². The lowest BCUT2D eigenvalue weighted by molar-refractivity contribution is -0.144. The predicted molar refractivity (Wildman–Crippen MR) is 143 cm³/mol. The number of aromatic amines is 1. The van der Waals surface area contributed by atoms with E-state index in [-0.39, 0.29) is 35.3 Å². The number of carbonyl (C=O) groups excluding carboxylic acids is 2. The summed E-state index contributed by atoms with van der Waals surface area (Å²) in [5.74, 6) is -0.479. The van der Waals surface area contributed by atoms with Gasteiger partial charge in [-0.05, 0) is 59.9 Å². The zero-order valence-electron chi connectivity index (χ0n) is 21.7. The minimum Gasteiger partial charge on any atom is -0.378 e. The van der Waals surface area contributed by atoms with Gasteiger partial charge >= 0.3 is 0 Å². The van der Waals surface area contributed by atoms with E-state index in [4.69, 9.17) is 5.41 Å². The summed E-state index contributed by atoms with van der Waals surface area (Å²) in [6.07, 6.45) is 1.91. The van der Waals surface area contributed by atoms with Gasteiger partial charge in [-0.15, -0.1) is 0 Å². The molecule has 38 heavy (non-hydrogen) atoms. The molecule has 2 heterocycles. The number of carbonyl (C=O) groups is 2. The summed E-state index contributed by atoms with van der Waals surface area (Å²) in [6.45, 7) is 6.75. The molecule has 3 N–H and O–H groups in total. The molecular formula is C29H32FN5O3. The van der Waals surface area contributed by atoms with Crippen molar-refractivity contribution in [2.24, 2.45) is 5.92 Å². The molecule has 0 radical (unpaired) electrons. The van der Waals surface area contributed by atoms with Crippen LogP contribution in [-0.2, 0) is 4.79 Å². The van der Waals surface area contributed by atoms with Crippen molar-refractivity contribution in [3.63, 3.8) is 0 Å². The first-order valence-corrected chi connectivity index (χ1v) is 12.6. The van der Waals surface area contributed by atoms with E-state index < -0.39 is 6.10 Å². The molecular weight excluding hydrogens is 485 g/mol. The molecule has 0 saturated carbocycles. The number of hydrogen-bond acceptors (Lipinski definition) is 5. The normalized spacial score (nSPS) is 17.0. The van der Waals surface area contributed by atoms with Crippen molar-refractivity contribution in [3.05, 3.63) is 95.3 Å². The molecule has 1 saturated heterocycles. The van der Waals surface area contributed by atoms with Crippen molar-refractivity contribution >= 4 is 23.1 Å². The van der Waals surface area contributed by atoms with E-state index in [0.717, 1.165) is 5.57 Å². The number of H-pyrrole nitrogens is 1. The van der Waals surface area contributed by atoms with Gasteiger partial charge in [0.05, 0.1) is 11.9 Å². The van der Waals surface area contributed by atoms with Gasteiger partial charge in [0.25, 0.3) is 11.8 Å². The fraction of sp³-hybridized carbons (Fsp3) is 0.310. The van der Waals surface area contributed by atoms with Gasteiger partial charge in [0, 0.05) is 25.7 Å². The molecule has 0 aliphatic carbocycles. The Labute approximate surface area is 221 Å². The fourth-order valence-corrected chi connectivity index (χ4v) is 4.53. The second kappa shape index (κ2) is 11.5. The number of rotatable bonds is 7. The van der Waals surface area contributed by atoms with Crippen LogP contribution in [0.3, 0.4) is 0 Å². The van der Waals surface area contributed by atoms with Crippen LogP contribution in [0.1, 0.15) is 54.3 Å². The molecule has 198 valence electrons. The van der Waals surface area contributed by atoms with Crippen LogP contribution in [0.4, 0.5) is 4.39 Å². The van der Waals surface area contributed by atoms with E-state index in [1.807, 2.05) is 26.8 Å². The molecule has 1 aliphatic heterocycles. The quantitative estimate of drug-likeness (QED) is 0.410. The molecule has 4 rings (SSSR count). The lowest BCUT2D eigenvalue weighted by atomic mass is 9.98. The number of aliphatic hydroxyl groups is 1. The summed E-state index contributed by atoms with van der Waals surface area (Å²) < 4.78 is 13.3. The third-order valence-corrected chi connectivity index (χ3v) is 6.70. The number of aliphatic hydroxyl groups excluding tert-OH is 1. The largest absolute Gasteiger partial charge is 0.378 e. The summed E-state index contributed by atoms with van der Waals surface area (Å²) in [5, 5.41) is 19.0. The maximum atomic E-state index is 13.3. The highest BCUT2D eigenvalue weighted by atomic mass is 19.1. The van der Waals surface area contributed by atoms with E-state index >= 15 is 0 Å². The number of piperazine rings is 1. The fourth-order valence-electron chi connectivity index (χ4n) is 4.53. The van der Waals surface area contributed by atoms with Gasteiger partial charge in [-0.25, -0.2) is 9.37 Å². The Bertz CT molecular complexity index is 1330. The molecule has 2 amide bonds. The van der Waals surface area contributed by atoms with Gasteiger partial charge in [-0.1, -0.05) is 44.2 Å². The van der Waals surface area contributed by atoms with E-state index in [0.29, 0.717) is 42.3 Å². The summed E-state index contributed by atoms with van der Waals surface area (Å²) >= 11 is 0. The average molecular weight is 518 g/mol. The smallest absolute Gasteiger partial charge is 0.272 e. The van der Waals surface area contributed by atoms with E-state index in [1.54, 1.807) is 52.3 Å². The first-order valence-electron chi connectivity index (χ1n) is 12.6. The Morgan fingerprint density at radius 3 is 2.45 bits per heavy atom. The highest BCUT2D eigenvalue weighted by molar-refractivity contribution is 6.10. The molecule has 3 aromatic rings. The van der Waals surface area contributed by atoms with Crippen LogP contribution in [0, 0.1) is 17.1 Å². The van der Waals surface area contributed by atoms with Crippen LogP contribution >= 0.6 is 0 Å². The van der Waals surface area contributed by atoms with E-state index in [2.05, 4.69) is 9.97 Å². The summed E-state index contributed by atoms with van der Waals surface area (Å²) in [4.78, 5) is 37.0. The van der Waals surface area contributed by atoms with Crippen LogP contribution in [0.25, 0.3) is 5.57 Å². The zero-order chi connectivity index (χ0) is 27.4. The number of hydrogen-bond donors (Lipinski definition) is 3. The first-order chi connectivity index (χ1) is 18.2. The molecule has 1 aliphatic rings. The first kappa shape index (κ1) is 26.9. The molecule has 0 bridgehead atoms. The third-order valence-electron chi connectivity index (χ3n) is 6.70. The van der Waals surface area contributed by atoms with E-state index in [9.17, 15) is 19.1 Å². The van der Waals surface area contributed by atoms with Crippen LogP contribution in [0.2, 0.25) is 0 Å². The van der Waals surface area contributed by atoms with Crippen molar-refractivity contribution in [2.45, 2.75) is 32.9 Å². The Morgan fingerprint density at radius 2 is 1.82 bits per heavy atom. The Hall–Kier alpha value is -4.11. The molecule has 1 fully saturated rings. The zero-order valence-corrected chi connectivity index (χ0v) is 21.7. The number of allylic oxidation sites excluding steroid dienone is 2. The summed E-state index contributed by atoms with van der Waals surface area (Å²) in [7, 11) is 0. The number of nitrogens with zero attached hydrogens (tertiary/aromatic N) is 3. The maximum absolute atomic E-state index is 13.3. The van der Waals surface area contributed by atoms with Gasteiger partial charge in [0.15, 0.2) is 6.10 Å². The molecule has 2 atom stereocenters. The van der Waals surface area contributed by atoms with Crippen LogP contribution in [0.5, 0.6) is 0 Å². The lowest BCUT2D eigenvalue weighted by Crippen LogP contribution is -2.56. The van der Waals surface area contributed by atoms with Crippen molar-refractivity contribution in [2.75, 3.05) is 19.6 Å². The second-order valence-corrected chi connectivity index (χ2v) is 9.77. The van der Waals surface area contributed by atoms with Crippen molar-refractivity contribution in [3.8, 4) is 0 Å². The Balaban J connectivity index is 1.44. The monoisotopic (exact) mass is 517 g/mol. The number of imidazole rings is 1. The van der Waals surface area contributed by atoms with Crippen molar-refractivity contribution in [1.82, 2.24) is 19.8 Å². The van der Waals surface area contributed by atoms with Crippen molar-refractivity contribution < 1.29 is 19.1 Å². The van der Waals surface area contributed by atoms with Crippen molar-refractivity contribution in [1.29, 1.82) is 5.41 Å². The van der Waals surface area contributed by atoms with Gasteiger partial charge in [-0.2, -0.15) is 0 Å².